The van der Waals surface area contributed by atoms with Crippen LogP contribution >= 0.6 is 11.6 Å². The van der Waals surface area contributed by atoms with Crippen LogP contribution in [0, 0.1) is 0 Å². The molecule has 0 aliphatic rings. The summed E-state index contributed by atoms with van der Waals surface area (Å²) >= 11 is 6.07. The summed E-state index contributed by atoms with van der Waals surface area (Å²) in [5, 5.41) is 7.66. The minimum atomic E-state index is -0.207. The van der Waals surface area contributed by atoms with Crippen molar-refractivity contribution in [2.75, 3.05) is 6.61 Å². The third-order valence-electron chi connectivity index (χ3n) is 2.96. The molecule has 0 radical (unpaired) electrons. The van der Waals surface area contributed by atoms with Crippen molar-refractivity contribution < 1.29 is 9.53 Å². The lowest BCUT2D eigenvalue weighted by Crippen LogP contribution is -2.24. The van der Waals surface area contributed by atoms with Gasteiger partial charge in [-0.1, -0.05) is 23.7 Å². The van der Waals surface area contributed by atoms with Gasteiger partial charge in [0.05, 0.1) is 23.7 Å². The highest BCUT2D eigenvalue weighted by atomic mass is 35.5. The van der Waals surface area contributed by atoms with E-state index in [9.17, 15) is 4.79 Å². The van der Waals surface area contributed by atoms with Gasteiger partial charge in [-0.05, 0) is 26.0 Å². The Labute approximate surface area is 128 Å². The second-order valence-electron chi connectivity index (χ2n) is 4.39. The number of rotatable bonds is 6. The predicted octanol–water partition coefficient (Wildman–Crippen LogP) is 2.89. The second kappa shape index (κ2) is 7.13. The lowest BCUT2D eigenvalue weighted by molar-refractivity contribution is 0.0946. The molecule has 0 atom stereocenters. The summed E-state index contributed by atoms with van der Waals surface area (Å²) in [6, 6.07) is 7.14. The zero-order chi connectivity index (χ0) is 15.2. The first kappa shape index (κ1) is 15.4. The van der Waals surface area contributed by atoms with Crippen LogP contribution in [0.5, 0.6) is 5.75 Å². The van der Waals surface area contributed by atoms with E-state index in [4.69, 9.17) is 16.3 Å². The van der Waals surface area contributed by atoms with Crippen molar-refractivity contribution in [2.24, 2.45) is 0 Å². The van der Waals surface area contributed by atoms with Crippen LogP contribution < -0.4 is 10.1 Å². The van der Waals surface area contributed by atoms with Gasteiger partial charge in [0.2, 0.25) is 0 Å². The highest BCUT2D eigenvalue weighted by Gasteiger charge is 2.13. The number of nitrogens with zero attached hydrogens (tertiary/aromatic N) is 2. The summed E-state index contributed by atoms with van der Waals surface area (Å²) in [6.07, 6.45) is 1.75. The first-order valence-electron chi connectivity index (χ1n) is 6.87. The number of aromatic nitrogens is 2. The molecule has 1 N–H and O–H groups in total. The van der Waals surface area contributed by atoms with Crippen LogP contribution in [0.25, 0.3) is 0 Å². The Hall–Kier alpha value is -2.01. The minimum absolute atomic E-state index is 0.207. The molecule has 2 rings (SSSR count). The maximum absolute atomic E-state index is 12.2. The van der Waals surface area contributed by atoms with Crippen LogP contribution in [0.15, 0.2) is 30.5 Å². The average Bonchev–Trinajstić information content (AvgIpc) is 2.86. The van der Waals surface area contributed by atoms with Gasteiger partial charge in [-0.2, -0.15) is 5.10 Å². The van der Waals surface area contributed by atoms with Crippen LogP contribution in [-0.2, 0) is 13.1 Å². The van der Waals surface area contributed by atoms with Crippen molar-refractivity contribution in [3.63, 3.8) is 0 Å². The van der Waals surface area contributed by atoms with E-state index in [2.05, 4.69) is 10.4 Å². The summed E-state index contributed by atoms with van der Waals surface area (Å²) in [4.78, 5) is 12.2. The largest absolute Gasteiger partial charge is 0.493 e. The smallest absolute Gasteiger partial charge is 0.255 e. The van der Waals surface area contributed by atoms with Crippen LogP contribution in [-0.4, -0.2) is 22.3 Å². The maximum atomic E-state index is 12.2. The van der Waals surface area contributed by atoms with E-state index in [-0.39, 0.29) is 12.5 Å². The molecular formula is C15H18ClN3O2. The van der Waals surface area contributed by atoms with Crippen LogP contribution in [0.3, 0.4) is 0 Å². The molecule has 0 aliphatic heterocycles. The van der Waals surface area contributed by atoms with Gasteiger partial charge in [0, 0.05) is 12.7 Å². The molecule has 1 amide bonds. The van der Waals surface area contributed by atoms with E-state index in [1.807, 2.05) is 19.9 Å². The number of amides is 1. The molecule has 112 valence electrons. The van der Waals surface area contributed by atoms with Crippen molar-refractivity contribution in [1.82, 2.24) is 15.1 Å². The monoisotopic (exact) mass is 307 g/mol. The molecule has 0 aliphatic carbocycles. The van der Waals surface area contributed by atoms with Crippen molar-refractivity contribution in [3.05, 3.63) is 46.7 Å². The number of ether oxygens (including phenoxy) is 1. The van der Waals surface area contributed by atoms with E-state index in [1.165, 1.54) is 0 Å². The Kier molecular flexibility index (Phi) is 5.22. The second-order valence-corrected chi connectivity index (χ2v) is 4.80. The Bertz CT molecular complexity index is 625. The lowest BCUT2D eigenvalue weighted by atomic mass is 10.2. The number of carbonyl (C=O) groups excluding carboxylic acids is 1. The molecule has 2 aromatic rings. The molecule has 1 aromatic carbocycles. The molecular weight excluding hydrogens is 290 g/mol. The quantitative estimate of drug-likeness (QED) is 0.893. The molecule has 0 bridgehead atoms. The zero-order valence-electron chi connectivity index (χ0n) is 12.1. The van der Waals surface area contributed by atoms with Crippen molar-refractivity contribution in [3.8, 4) is 5.75 Å². The fourth-order valence-electron chi connectivity index (χ4n) is 1.91. The molecule has 6 heteroatoms. The molecule has 1 aromatic heterocycles. The summed E-state index contributed by atoms with van der Waals surface area (Å²) in [6.45, 7) is 5.39. The normalized spacial score (nSPS) is 10.4. The predicted molar refractivity (Wildman–Crippen MR) is 81.7 cm³/mol. The van der Waals surface area contributed by atoms with Gasteiger partial charge in [-0.25, -0.2) is 0 Å². The average molecular weight is 308 g/mol. The summed E-state index contributed by atoms with van der Waals surface area (Å²) in [5.41, 5.74) is 1.16. The molecule has 0 fully saturated rings. The number of para-hydroxylation sites is 1. The van der Waals surface area contributed by atoms with Gasteiger partial charge in [0.1, 0.15) is 11.4 Å². The van der Waals surface area contributed by atoms with Crippen LogP contribution in [0.4, 0.5) is 0 Å². The van der Waals surface area contributed by atoms with Gasteiger partial charge < -0.3 is 10.1 Å². The highest BCUT2D eigenvalue weighted by molar-refractivity contribution is 6.31. The molecule has 0 spiro atoms. The number of nitrogens with one attached hydrogen (secondary N) is 1. The van der Waals surface area contributed by atoms with Gasteiger partial charge in [-0.3, -0.25) is 9.48 Å². The number of hydrogen-bond donors (Lipinski definition) is 1. The van der Waals surface area contributed by atoms with Gasteiger partial charge in [0.15, 0.2) is 0 Å². The summed E-state index contributed by atoms with van der Waals surface area (Å²) in [7, 11) is 0. The molecule has 0 saturated heterocycles. The Morgan fingerprint density at radius 2 is 2.14 bits per heavy atom. The number of benzene rings is 1. The number of carbonyl (C=O) groups is 1. The molecule has 1 heterocycles. The third kappa shape index (κ3) is 3.76. The first-order chi connectivity index (χ1) is 10.2. The minimum Gasteiger partial charge on any atom is -0.493 e. The van der Waals surface area contributed by atoms with E-state index in [0.29, 0.717) is 28.6 Å². The van der Waals surface area contributed by atoms with Gasteiger partial charge >= 0.3 is 0 Å². The standard InChI is InChI=1S/C15H18ClN3O2/c1-3-19-10-12(16)13(18-19)9-17-15(20)11-7-5-6-8-14(11)21-4-2/h5-8,10H,3-4,9H2,1-2H3,(H,17,20). The van der Waals surface area contributed by atoms with Crippen molar-refractivity contribution in [1.29, 1.82) is 0 Å². The molecule has 0 saturated carbocycles. The van der Waals surface area contributed by atoms with Crippen LogP contribution in [0.1, 0.15) is 29.9 Å². The van der Waals surface area contributed by atoms with Crippen molar-refractivity contribution >= 4 is 17.5 Å². The van der Waals surface area contributed by atoms with E-state index in [0.717, 1.165) is 6.54 Å². The number of aryl methyl sites for hydroxylation is 1. The fraction of sp³-hybridized carbons (Fsp3) is 0.333. The third-order valence-corrected chi connectivity index (χ3v) is 3.27. The zero-order valence-corrected chi connectivity index (χ0v) is 12.9. The van der Waals surface area contributed by atoms with E-state index in [1.54, 1.807) is 29.1 Å². The van der Waals surface area contributed by atoms with Crippen LogP contribution in [0.2, 0.25) is 5.02 Å². The summed E-state index contributed by atoms with van der Waals surface area (Å²) < 4.78 is 7.18. The van der Waals surface area contributed by atoms with Gasteiger partial charge in [-0.15, -0.1) is 0 Å². The molecule has 0 unspecified atom stereocenters. The fourth-order valence-corrected chi connectivity index (χ4v) is 2.13. The Balaban J connectivity index is 2.06. The van der Waals surface area contributed by atoms with Gasteiger partial charge in [0.25, 0.3) is 5.91 Å². The number of hydrogen-bond acceptors (Lipinski definition) is 3. The topological polar surface area (TPSA) is 56.1 Å². The molecule has 21 heavy (non-hydrogen) atoms. The molecule has 5 nitrogen and oxygen atoms in total. The Morgan fingerprint density at radius 3 is 2.81 bits per heavy atom. The lowest BCUT2D eigenvalue weighted by Gasteiger charge is -2.09. The highest BCUT2D eigenvalue weighted by Crippen LogP contribution is 2.18. The van der Waals surface area contributed by atoms with Crippen molar-refractivity contribution in [2.45, 2.75) is 26.9 Å². The van der Waals surface area contributed by atoms with E-state index < -0.39 is 0 Å². The first-order valence-corrected chi connectivity index (χ1v) is 7.25. The SMILES string of the molecule is CCOc1ccccc1C(=O)NCc1nn(CC)cc1Cl. The Morgan fingerprint density at radius 1 is 1.38 bits per heavy atom. The maximum Gasteiger partial charge on any atom is 0.255 e. The van der Waals surface area contributed by atoms with E-state index >= 15 is 0 Å². The summed E-state index contributed by atoms with van der Waals surface area (Å²) in [5.74, 6) is 0.365. The number of halogens is 1.